The SMILES string of the molecule is CCC(C)NC(=O)c1ccc(CN=C(N)NCC2CCCO2)cc1.I. The molecule has 4 N–H and O–H groups in total. The van der Waals surface area contributed by atoms with Gasteiger partial charge in [-0.2, -0.15) is 0 Å². The van der Waals surface area contributed by atoms with Crippen molar-refractivity contribution in [3.05, 3.63) is 35.4 Å². The molecule has 7 heteroatoms. The quantitative estimate of drug-likeness (QED) is 0.331. The van der Waals surface area contributed by atoms with Crippen molar-refractivity contribution in [1.29, 1.82) is 0 Å². The minimum Gasteiger partial charge on any atom is -0.376 e. The van der Waals surface area contributed by atoms with Gasteiger partial charge in [0.2, 0.25) is 0 Å². The largest absolute Gasteiger partial charge is 0.376 e. The van der Waals surface area contributed by atoms with Crippen LogP contribution in [0.3, 0.4) is 0 Å². The third-order valence-corrected chi connectivity index (χ3v) is 4.17. The molecule has 1 fully saturated rings. The number of guanidine groups is 1. The summed E-state index contributed by atoms with van der Waals surface area (Å²) in [5.41, 5.74) is 7.54. The van der Waals surface area contributed by atoms with Crippen molar-refractivity contribution in [2.75, 3.05) is 13.2 Å². The minimum atomic E-state index is -0.0443. The Labute approximate surface area is 167 Å². The van der Waals surface area contributed by atoms with E-state index in [1.807, 2.05) is 38.1 Å². The van der Waals surface area contributed by atoms with Crippen LogP contribution >= 0.6 is 24.0 Å². The predicted molar refractivity (Wildman–Crippen MR) is 111 cm³/mol. The van der Waals surface area contributed by atoms with Crippen molar-refractivity contribution in [3.63, 3.8) is 0 Å². The smallest absolute Gasteiger partial charge is 0.251 e. The number of aliphatic imine (C=N–C) groups is 1. The van der Waals surface area contributed by atoms with E-state index in [1.54, 1.807) is 0 Å². The van der Waals surface area contributed by atoms with Crippen molar-refractivity contribution >= 4 is 35.8 Å². The summed E-state index contributed by atoms with van der Waals surface area (Å²) in [6.07, 6.45) is 3.33. The summed E-state index contributed by atoms with van der Waals surface area (Å²) in [5, 5.41) is 6.04. The molecule has 0 aromatic heterocycles. The molecule has 1 aromatic carbocycles. The lowest BCUT2D eigenvalue weighted by molar-refractivity contribution is 0.0939. The lowest BCUT2D eigenvalue weighted by Gasteiger charge is -2.12. The number of nitrogens with two attached hydrogens (primary N) is 1. The van der Waals surface area contributed by atoms with Crippen LogP contribution in [0.1, 0.15) is 49.0 Å². The molecule has 1 aliphatic rings. The zero-order chi connectivity index (χ0) is 17.4. The molecule has 0 aliphatic carbocycles. The van der Waals surface area contributed by atoms with Crippen LogP contribution in [0.2, 0.25) is 0 Å². The van der Waals surface area contributed by atoms with Crippen LogP contribution < -0.4 is 16.4 Å². The Morgan fingerprint density at radius 1 is 1.40 bits per heavy atom. The van der Waals surface area contributed by atoms with Crippen molar-refractivity contribution < 1.29 is 9.53 Å². The fourth-order valence-corrected chi connectivity index (χ4v) is 2.43. The molecule has 1 aromatic rings. The first-order chi connectivity index (χ1) is 11.6. The van der Waals surface area contributed by atoms with Gasteiger partial charge in [0.15, 0.2) is 5.96 Å². The molecule has 1 aliphatic heterocycles. The number of hydrogen-bond donors (Lipinski definition) is 3. The normalized spacial score (nSPS) is 18.3. The molecule has 2 atom stereocenters. The number of halogens is 1. The maximum absolute atomic E-state index is 12.0. The highest BCUT2D eigenvalue weighted by molar-refractivity contribution is 14.0. The van der Waals surface area contributed by atoms with Crippen LogP contribution in [-0.2, 0) is 11.3 Å². The highest BCUT2D eigenvalue weighted by Gasteiger charge is 2.14. The fourth-order valence-electron chi connectivity index (χ4n) is 2.43. The van der Waals surface area contributed by atoms with Gasteiger partial charge in [-0.05, 0) is 43.9 Å². The summed E-state index contributed by atoms with van der Waals surface area (Å²) in [6, 6.07) is 7.62. The van der Waals surface area contributed by atoms with E-state index in [9.17, 15) is 4.79 Å². The number of ether oxygens (including phenoxy) is 1. The van der Waals surface area contributed by atoms with E-state index in [1.165, 1.54) is 0 Å². The average Bonchev–Trinajstić information content (AvgIpc) is 3.12. The van der Waals surface area contributed by atoms with Gasteiger partial charge in [0.25, 0.3) is 5.91 Å². The zero-order valence-electron chi connectivity index (χ0n) is 15.0. The van der Waals surface area contributed by atoms with Gasteiger partial charge in [0, 0.05) is 24.8 Å². The Balaban J connectivity index is 0.00000312. The Morgan fingerprint density at radius 3 is 2.72 bits per heavy atom. The van der Waals surface area contributed by atoms with Crippen LogP contribution in [0.5, 0.6) is 0 Å². The van der Waals surface area contributed by atoms with Gasteiger partial charge in [-0.1, -0.05) is 19.1 Å². The molecular formula is C18H29IN4O2. The fraction of sp³-hybridized carbons (Fsp3) is 0.556. The molecule has 1 heterocycles. The second-order valence-corrected chi connectivity index (χ2v) is 6.20. The van der Waals surface area contributed by atoms with E-state index in [4.69, 9.17) is 10.5 Å². The van der Waals surface area contributed by atoms with Gasteiger partial charge in [0.05, 0.1) is 12.6 Å². The highest BCUT2D eigenvalue weighted by Crippen LogP contribution is 2.10. The topological polar surface area (TPSA) is 88.7 Å². The molecule has 2 rings (SSSR count). The van der Waals surface area contributed by atoms with Crippen molar-refractivity contribution in [2.24, 2.45) is 10.7 Å². The molecule has 140 valence electrons. The second-order valence-electron chi connectivity index (χ2n) is 6.20. The maximum Gasteiger partial charge on any atom is 0.251 e. The Morgan fingerprint density at radius 2 is 2.12 bits per heavy atom. The molecule has 6 nitrogen and oxygen atoms in total. The van der Waals surface area contributed by atoms with E-state index in [0.29, 0.717) is 24.6 Å². The second kappa shape index (κ2) is 11.3. The number of rotatable bonds is 7. The summed E-state index contributed by atoms with van der Waals surface area (Å²) in [7, 11) is 0. The molecule has 0 bridgehead atoms. The van der Waals surface area contributed by atoms with Crippen LogP contribution in [0.15, 0.2) is 29.3 Å². The number of carbonyl (C=O) groups is 1. The molecule has 1 amide bonds. The molecule has 0 spiro atoms. The zero-order valence-corrected chi connectivity index (χ0v) is 17.3. The average molecular weight is 460 g/mol. The van der Waals surface area contributed by atoms with Gasteiger partial charge in [-0.3, -0.25) is 4.79 Å². The van der Waals surface area contributed by atoms with Gasteiger partial charge in [-0.25, -0.2) is 4.99 Å². The molecule has 0 saturated carbocycles. The Hall–Kier alpha value is -1.35. The van der Waals surface area contributed by atoms with Gasteiger partial charge in [0.1, 0.15) is 0 Å². The van der Waals surface area contributed by atoms with Gasteiger partial charge < -0.3 is 21.1 Å². The van der Waals surface area contributed by atoms with Crippen molar-refractivity contribution in [1.82, 2.24) is 10.6 Å². The lowest BCUT2D eigenvalue weighted by atomic mass is 10.1. The van der Waals surface area contributed by atoms with Crippen LogP contribution in [0.25, 0.3) is 0 Å². The van der Waals surface area contributed by atoms with Crippen molar-refractivity contribution in [2.45, 2.75) is 51.8 Å². The first kappa shape index (κ1) is 21.7. The van der Waals surface area contributed by atoms with E-state index >= 15 is 0 Å². The van der Waals surface area contributed by atoms with Crippen LogP contribution in [0, 0.1) is 0 Å². The third kappa shape index (κ3) is 7.60. The number of nitrogens with zero attached hydrogens (tertiary/aromatic N) is 1. The highest BCUT2D eigenvalue weighted by atomic mass is 127. The van der Waals surface area contributed by atoms with E-state index in [2.05, 4.69) is 15.6 Å². The summed E-state index contributed by atoms with van der Waals surface area (Å²) < 4.78 is 5.53. The molecule has 1 saturated heterocycles. The summed E-state index contributed by atoms with van der Waals surface area (Å²) >= 11 is 0. The molecule has 2 unspecified atom stereocenters. The molecular weight excluding hydrogens is 431 g/mol. The van der Waals surface area contributed by atoms with E-state index in [-0.39, 0.29) is 42.0 Å². The number of benzene rings is 1. The Kier molecular flexibility index (Phi) is 9.81. The predicted octanol–water partition coefficient (Wildman–Crippen LogP) is 2.42. The lowest BCUT2D eigenvalue weighted by Crippen LogP contribution is -2.37. The first-order valence-corrected chi connectivity index (χ1v) is 8.63. The van der Waals surface area contributed by atoms with E-state index < -0.39 is 0 Å². The summed E-state index contributed by atoms with van der Waals surface area (Å²) in [4.78, 5) is 16.3. The van der Waals surface area contributed by atoms with Crippen LogP contribution in [-0.4, -0.2) is 37.2 Å². The van der Waals surface area contributed by atoms with E-state index in [0.717, 1.165) is 31.4 Å². The number of carbonyl (C=O) groups excluding carboxylic acids is 1. The minimum absolute atomic E-state index is 0. The number of nitrogens with one attached hydrogen (secondary N) is 2. The standard InChI is InChI=1S/C18H28N4O2.HI/c1-3-13(2)22-17(23)15-8-6-14(7-9-15)11-20-18(19)21-12-16-5-4-10-24-16;/h6-9,13,16H,3-5,10-12H2,1-2H3,(H,22,23)(H3,19,20,21);1H. The third-order valence-electron chi connectivity index (χ3n) is 4.17. The van der Waals surface area contributed by atoms with Gasteiger partial charge in [-0.15, -0.1) is 24.0 Å². The summed E-state index contributed by atoms with van der Waals surface area (Å²) in [5.74, 6) is 0.376. The van der Waals surface area contributed by atoms with Crippen molar-refractivity contribution in [3.8, 4) is 0 Å². The number of hydrogen-bond acceptors (Lipinski definition) is 3. The molecule has 0 radical (unpaired) electrons. The van der Waals surface area contributed by atoms with Gasteiger partial charge >= 0.3 is 0 Å². The van der Waals surface area contributed by atoms with Crippen LogP contribution in [0.4, 0.5) is 0 Å². The maximum atomic E-state index is 12.0. The Bertz CT molecular complexity index is 557. The summed E-state index contributed by atoms with van der Waals surface area (Å²) in [6.45, 7) is 6.05. The monoisotopic (exact) mass is 460 g/mol. The number of amides is 1. The molecule has 25 heavy (non-hydrogen) atoms. The first-order valence-electron chi connectivity index (χ1n) is 8.63.